The minimum atomic E-state index is -0.150. The molecule has 0 atom stereocenters. The molecule has 0 unspecified atom stereocenters. The molecule has 5 heteroatoms. The van der Waals surface area contributed by atoms with Crippen LogP contribution in [-0.4, -0.2) is 26.8 Å². The average Bonchev–Trinajstić information content (AvgIpc) is 2.59. The predicted octanol–water partition coefficient (Wildman–Crippen LogP) is 4.33. The maximum atomic E-state index is 12.9. The fourth-order valence-electron chi connectivity index (χ4n) is 2.51. The summed E-state index contributed by atoms with van der Waals surface area (Å²) >= 11 is 6.24. The SMILES string of the molecule is CC(C)N(Cc1ccccc1Cl)C(=O)c1cnc2ccccc2n1. The van der Waals surface area contributed by atoms with Gasteiger partial charge < -0.3 is 4.90 Å². The van der Waals surface area contributed by atoms with E-state index >= 15 is 0 Å². The summed E-state index contributed by atoms with van der Waals surface area (Å²) in [5.41, 5.74) is 2.74. The molecule has 122 valence electrons. The number of hydrogen-bond acceptors (Lipinski definition) is 3. The zero-order valence-electron chi connectivity index (χ0n) is 13.6. The molecule has 0 radical (unpaired) electrons. The molecule has 0 saturated carbocycles. The fraction of sp³-hybridized carbons (Fsp3) is 0.211. The van der Waals surface area contributed by atoms with Gasteiger partial charge in [-0.3, -0.25) is 9.78 Å². The maximum absolute atomic E-state index is 12.9. The zero-order chi connectivity index (χ0) is 17.1. The van der Waals surface area contributed by atoms with Crippen molar-refractivity contribution in [3.63, 3.8) is 0 Å². The predicted molar refractivity (Wildman–Crippen MR) is 96.0 cm³/mol. The van der Waals surface area contributed by atoms with Crippen molar-refractivity contribution in [2.75, 3.05) is 0 Å². The van der Waals surface area contributed by atoms with Crippen LogP contribution in [0.5, 0.6) is 0 Å². The van der Waals surface area contributed by atoms with Crippen molar-refractivity contribution in [3.8, 4) is 0 Å². The Balaban J connectivity index is 1.92. The van der Waals surface area contributed by atoms with E-state index in [1.165, 1.54) is 6.20 Å². The van der Waals surface area contributed by atoms with Crippen molar-refractivity contribution in [3.05, 3.63) is 71.0 Å². The van der Waals surface area contributed by atoms with Crippen molar-refractivity contribution < 1.29 is 4.79 Å². The Bertz CT molecular complexity index is 879. The number of hydrogen-bond donors (Lipinski definition) is 0. The smallest absolute Gasteiger partial charge is 0.274 e. The molecular weight excluding hydrogens is 322 g/mol. The summed E-state index contributed by atoms with van der Waals surface area (Å²) in [4.78, 5) is 23.5. The van der Waals surface area contributed by atoms with Gasteiger partial charge in [-0.15, -0.1) is 0 Å². The Morgan fingerprint density at radius 2 is 1.75 bits per heavy atom. The lowest BCUT2D eigenvalue weighted by Gasteiger charge is -2.27. The molecule has 0 aliphatic heterocycles. The first-order chi connectivity index (χ1) is 11.6. The molecule has 24 heavy (non-hydrogen) atoms. The van der Waals surface area contributed by atoms with Crippen molar-refractivity contribution >= 4 is 28.5 Å². The van der Waals surface area contributed by atoms with Gasteiger partial charge in [-0.25, -0.2) is 4.98 Å². The first-order valence-electron chi connectivity index (χ1n) is 7.82. The van der Waals surface area contributed by atoms with Crippen LogP contribution in [0.25, 0.3) is 11.0 Å². The van der Waals surface area contributed by atoms with E-state index in [9.17, 15) is 4.79 Å². The molecule has 0 aliphatic carbocycles. The highest BCUT2D eigenvalue weighted by Gasteiger charge is 2.21. The van der Waals surface area contributed by atoms with Crippen LogP contribution < -0.4 is 0 Å². The average molecular weight is 340 g/mol. The largest absolute Gasteiger partial charge is 0.330 e. The van der Waals surface area contributed by atoms with Crippen LogP contribution in [0.15, 0.2) is 54.7 Å². The van der Waals surface area contributed by atoms with Crippen molar-refractivity contribution in [2.24, 2.45) is 0 Å². The van der Waals surface area contributed by atoms with E-state index in [-0.39, 0.29) is 11.9 Å². The first-order valence-corrected chi connectivity index (χ1v) is 8.20. The topological polar surface area (TPSA) is 46.1 Å². The van der Waals surface area contributed by atoms with Crippen LogP contribution in [0.2, 0.25) is 5.02 Å². The number of fused-ring (bicyclic) bond motifs is 1. The van der Waals surface area contributed by atoms with Gasteiger partial charge in [0.25, 0.3) is 5.91 Å². The molecule has 1 amide bonds. The van der Waals surface area contributed by atoms with E-state index < -0.39 is 0 Å². The van der Waals surface area contributed by atoms with E-state index in [0.717, 1.165) is 11.1 Å². The quantitative estimate of drug-likeness (QED) is 0.710. The lowest BCUT2D eigenvalue weighted by atomic mass is 10.1. The van der Waals surface area contributed by atoms with Gasteiger partial charge in [-0.1, -0.05) is 41.9 Å². The third-order valence-corrected chi connectivity index (χ3v) is 4.22. The number of para-hydroxylation sites is 2. The molecule has 0 fully saturated rings. The zero-order valence-corrected chi connectivity index (χ0v) is 14.4. The lowest BCUT2D eigenvalue weighted by molar-refractivity contribution is 0.0684. The monoisotopic (exact) mass is 339 g/mol. The second-order valence-electron chi connectivity index (χ2n) is 5.86. The second kappa shape index (κ2) is 6.97. The summed E-state index contributed by atoms with van der Waals surface area (Å²) < 4.78 is 0. The fourth-order valence-corrected chi connectivity index (χ4v) is 2.70. The van der Waals surface area contributed by atoms with E-state index in [4.69, 9.17) is 11.6 Å². The number of nitrogens with zero attached hydrogens (tertiary/aromatic N) is 3. The summed E-state index contributed by atoms with van der Waals surface area (Å²) in [5, 5.41) is 0.653. The van der Waals surface area contributed by atoms with Crippen LogP contribution in [0.1, 0.15) is 29.9 Å². The van der Waals surface area contributed by atoms with Gasteiger partial charge in [0.15, 0.2) is 0 Å². The van der Waals surface area contributed by atoms with Gasteiger partial charge in [-0.05, 0) is 37.6 Å². The second-order valence-corrected chi connectivity index (χ2v) is 6.27. The molecule has 0 spiro atoms. The van der Waals surface area contributed by atoms with Gasteiger partial charge in [-0.2, -0.15) is 0 Å². The van der Waals surface area contributed by atoms with Crippen LogP contribution in [-0.2, 0) is 6.54 Å². The normalized spacial score (nSPS) is 11.0. The van der Waals surface area contributed by atoms with Gasteiger partial charge in [0.1, 0.15) is 5.69 Å². The number of carbonyl (C=O) groups excluding carboxylic acids is 1. The summed E-state index contributed by atoms with van der Waals surface area (Å²) in [6.45, 7) is 4.39. The summed E-state index contributed by atoms with van der Waals surface area (Å²) in [6, 6.07) is 15.1. The molecule has 0 saturated heterocycles. The Hall–Kier alpha value is -2.46. The third-order valence-electron chi connectivity index (χ3n) is 3.85. The molecule has 2 aromatic carbocycles. The van der Waals surface area contributed by atoms with E-state index in [0.29, 0.717) is 22.8 Å². The molecule has 0 aliphatic rings. The number of carbonyl (C=O) groups is 1. The maximum Gasteiger partial charge on any atom is 0.274 e. The summed E-state index contributed by atoms with van der Waals surface area (Å²) in [6.07, 6.45) is 1.53. The summed E-state index contributed by atoms with van der Waals surface area (Å²) in [5.74, 6) is -0.150. The Morgan fingerprint density at radius 3 is 2.46 bits per heavy atom. The minimum Gasteiger partial charge on any atom is -0.330 e. The van der Waals surface area contributed by atoms with E-state index in [1.807, 2.05) is 62.4 Å². The molecule has 0 bridgehead atoms. The van der Waals surface area contributed by atoms with Crippen molar-refractivity contribution in [1.82, 2.24) is 14.9 Å². The van der Waals surface area contributed by atoms with Gasteiger partial charge in [0.2, 0.25) is 0 Å². The Morgan fingerprint density at radius 1 is 1.08 bits per heavy atom. The molecule has 1 heterocycles. The van der Waals surface area contributed by atoms with Crippen LogP contribution in [0.3, 0.4) is 0 Å². The Labute approximate surface area is 146 Å². The third kappa shape index (κ3) is 3.39. The lowest BCUT2D eigenvalue weighted by Crippen LogP contribution is -2.37. The number of aromatic nitrogens is 2. The molecule has 3 aromatic rings. The molecule has 0 N–H and O–H groups in total. The first kappa shape index (κ1) is 16.4. The van der Waals surface area contributed by atoms with Gasteiger partial charge >= 0.3 is 0 Å². The molecular formula is C19H18ClN3O. The molecule has 4 nitrogen and oxygen atoms in total. The minimum absolute atomic E-state index is 0.0158. The number of halogens is 1. The van der Waals surface area contributed by atoms with Crippen molar-refractivity contribution in [1.29, 1.82) is 0 Å². The highest BCUT2D eigenvalue weighted by atomic mass is 35.5. The highest BCUT2D eigenvalue weighted by Crippen LogP contribution is 2.20. The van der Waals surface area contributed by atoms with Gasteiger partial charge in [0, 0.05) is 17.6 Å². The van der Waals surface area contributed by atoms with Crippen molar-refractivity contribution in [2.45, 2.75) is 26.4 Å². The molecule has 3 rings (SSSR count). The van der Waals surface area contributed by atoms with Crippen LogP contribution in [0.4, 0.5) is 0 Å². The van der Waals surface area contributed by atoms with Gasteiger partial charge in [0.05, 0.1) is 17.2 Å². The van der Waals surface area contributed by atoms with Crippen LogP contribution >= 0.6 is 11.6 Å². The van der Waals surface area contributed by atoms with Crippen LogP contribution in [0, 0.1) is 0 Å². The standard InChI is InChI=1S/C19H18ClN3O/c1-13(2)23(12-14-7-3-4-8-15(14)20)19(24)18-11-21-16-9-5-6-10-17(16)22-18/h3-11,13H,12H2,1-2H3. The number of amides is 1. The number of rotatable bonds is 4. The van der Waals surface area contributed by atoms with E-state index in [2.05, 4.69) is 9.97 Å². The summed E-state index contributed by atoms with van der Waals surface area (Å²) in [7, 11) is 0. The van der Waals surface area contributed by atoms with E-state index in [1.54, 1.807) is 4.90 Å². The Kier molecular flexibility index (Phi) is 4.76. The highest BCUT2D eigenvalue weighted by molar-refractivity contribution is 6.31. The molecule has 1 aromatic heterocycles. The number of benzene rings is 2.